The van der Waals surface area contributed by atoms with Gasteiger partial charge in [0.2, 0.25) is 0 Å². The second-order valence-corrected chi connectivity index (χ2v) is 5.24. The van der Waals surface area contributed by atoms with E-state index in [1.807, 2.05) is 25.1 Å². The van der Waals surface area contributed by atoms with Gasteiger partial charge in [0.1, 0.15) is 11.6 Å². The Kier molecular flexibility index (Phi) is 9.98. The molecule has 1 aromatic carbocycles. The van der Waals surface area contributed by atoms with Gasteiger partial charge >= 0.3 is 0 Å². The Morgan fingerprint density at radius 1 is 1.12 bits per heavy atom. The van der Waals surface area contributed by atoms with Crippen molar-refractivity contribution in [3.8, 4) is 0 Å². The summed E-state index contributed by atoms with van der Waals surface area (Å²) in [5, 5.41) is 6.26. The topological polar surface area (TPSA) is 49.3 Å². The molecule has 1 heterocycles. The van der Waals surface area contributed by atoms with E-state index in [1.54, 1.807) is 6.20 Å². The molecule has 25 heavy (non-hydrogen) atoms. The second kappa shape index (κ2) is 11.7. The first-order valence-electron chi connectivity index (χ1n) is 8.05. The summed E-state index contributed by atoms with van der Waals surface area (Å²) in [6.45, 7) is 3.77. The van der Waals surface area contributed by atoms with Crippen molar-refractivity contribution >= 4 is 29.9 Å². The highest BCUT2D eigenvalue weighted by atomic mass is 127. The Hall–Kier alpha value is -1.77. The minimum absolute atomic E-state index is 0. The summed E-state index contributed by atoms with van der Waals surface area (Å²) in [4.78, 5) is 8.72. The number of rotatable bonds is 7. The third-order valence-electron chi connectivity index (χ3n) is 3.40. The maximum atomic E-state index is 13.6. The summed E-state index contributed by atoms with van der Waals surface area (Å²) >= 11 is 0. The summed E-state index contributed by atoms with van der Waals surface area (Å²) < 4.78 is 26.7. The fourth-order valence-corrected chi connectivity index (χ4v) is 2.22. The van der Waals surface area contributed by atoms with Crippen LogP contribution < -0.4 is 10.6 Å². The molecule has 0 aliphatic carbocycles. The first-order valence-corrected chi connectivity index (χ1v) is 8.05. The van der Waals surface area contributed by atoms with E-state index in [1.165, 1.54) is 6.07 Å². The molecule has 0 saturated carbocycles. The number of benzene rings is 1. The summed E-state index contributed by atoms with van der Waals surface area (Å²) in [6, 6.07) is 9.28. The van der Waals surface area contributed by atoms with Crippen LogP contribution in [0.4, 0.5) is 8.78 Å². The Bertz CT molecular complexity index is 665. The summed E-state index contributed by atoms with van der Waals surface area (Å²) in [5.41, 5.74) is 1.34. The van der Waals surface area contributed by atoms with Crippen LogP contribution in [-0.4, -0.2) is 30.6 Å². The minimum Gasteiger partial charge on any atom is -0.357 e. The van der Waals surface area contributed by atoms with Crippen LogP contribution in [0.5, 0.6) is 0 Å². The quantitative estimate of drug-likeness (QED) is 0.379. The van der Waals surface area contributed by atoms with Gasteiger partial charge in [-0.3, -0.25) is 9.98 Å². The monoisotopic (exact) mass is 460 g/mol. The van der Waals surface area contributed by atoms with Gasteiger partial charge in [-0.1, -0.05) is 6.07 Å². The molecule has 0 unspecified atom stereocenters. The van der Waals surface area contributed by atoms with E-state index in [-0.39, 0.29) is 24.0 Å². The lowest BCUT2D eigenvalue weighted by molar-refractivity contribution is 0.583. The zero-order valence-corrected chi connectivity index (χ0v) is 16.5. The van der Waals surface area contributed by atoms with Crippen molar-refractivity contribution in [3.63, 3.8) is 0 Å². The minimum atomic E-state index is -0.428. The average Bonchev–Trinajstić information content (AvgIpc) is 2.59. The van der Waals surface area contributed by atoms with Crippen molar-refractivity contribution in [3.05, 3.63) is 65.5 Å². The number of guanidine groups is 1. The Labute approximate surface area is 164 Å². The van der Waals surface area contributed by atoms with Crippen LogP contribution in [0.3, 0.4) is 0 Å². The van der Waals surface area contributed by atoms with Gasteiger partial charge < -0.3 is 10.6 Å². The Morgan fingerprint density at radius 2 is 1.96 bits per heavy atom. The van der Waals surface area contributed by atoms with Crippen LogP contribution >= 0.6 is 24.0 Å². The molecular weight excluding hydrogens is 437 g/mol. The van der Waals surface area contributed by atoms with Crippen LogP contribution in [0.25, 0.3) is 0 Å². The standard InChI is InChI=1S/C18H22F2N4.HI/c1-2-21-18(24-12-9-16-5-3-4-10-22-16)23-11-8-14-13-15(19)6-7-17(14)20;/h3-7,10,13H,2,8-9,11-12H2,1H3,(H2,21,23,24);1H. The number of aromatic nitrogens is 1. The molecule has 0 saturated heterocycles. The smallest absolute Gasteiger partial charge is 0.191 e. The van der Waals surface area contributed by atoms with E-state index < -0.39 is 11.6 Å². The highest BCUT2D eigenvalue weighted by Crippen LogP contribution is 2.09. The van der Waals surface area contributed by atoms with Gasteiger partial charge in [0.15, 0.2) is 5.96 Å². The van der Waals surface area contributed by atoms with E-state index in [0.717, 1.165) is 30.8 Å². The van der Waals surface area contributed by atoms with E-state index in [2.05, 4.69) is 20.6 Å². The summed E-state index contributed by atoms with van der Waals surface area (Å²) in [7, 11) is 0. The molecule has 7 heteroatoms. The number of aliphatic imine (C=N–C) groups is 1. The van der Waals surface area contributed by atoms with E-state index >= 15 is 0 Å². The molecule has 0 atom stereocenters. The number of nitrogens with one attached hydrogen (secondary N) is 2. The molecule has 0 aliphatic rings. The van der Waals surface area contributed by atoms with Gasteiger partial charge in [-0.2, -0.15) is 0 Å². The molecule has 2 N–H and O–H groups in total. The van der Waals surface area contributed by atoms with Crippen LogP contribution in [0, 0.1) is 11.6 Å². The number of nitrogens with zero attached hydrogens (tertiary/aromatic N) is 2. The van der Waals surface area contributed by atoms with Crippen molar-refractivity contribution in [2.24, 2.45) is 4.99 Å². The molecule has 2 rings (SSSR count). The zero-order valence-electron chi connectivity index (χ0n) is 14.1. The highest BCUT2D eigenvalue weighted by molar-refractivity contribution is 14.0. The van der Waals surface area contributed by atoms with E-state index in [4.69, 9.17) is 0 Å². The first kappa shape index (κ1) is 21.3. The molecule has 136 valence electrons. The molecule has 0 spiro atoms. The predicted octanol–water partition coefficient (Wildman–Crippen LogP) is 3.32. The number of pyridine rings is 1. The molecule has 0 bridgehead atoms. The largest absolute Gasteiger partial charge is 0.357 e. The van der Waals surface area contributed by atoms with Crippen molar-refractivity contribution < 1.29 is 8.78 Å². The molecule has 0 fully saturated rings. The van der Waals surface area contributed by atoms with Gasteiger partial charge in [-0.15, -0.1) is 24.0 Å². The maximum absolute atomic E-state index is 13.6. The van der Waals surface area contributed by atoms with Crippen LogP contribution in [0.1, 0.15) is 18.2 Å². The first-order chi connectivity index (χ1) is 11.7. The average molecular weight is 460 g/mol. The lowest BCUT2D eigenvalue weighted by atomic mass is 10.1. The fourth-order valence-electron chi connectivity index (χ4n) is 2.22. The lowest BCUT2D eigenvalue weighted by Crippen LogP contribution is -2.38. The number of hydrogen-bond acceptors (Lipinski definition) is 2. The van der Waals surface area contributed by atoms with Gasteiger partial charge in [0.25, 0.3) is 0 Å². The van der Waals surface area contributed by atoms with Crippen molar-refractivity contribution in [2.75, 3.05) is 19.6 Å². The van der Waals surface area contributed by atoms with Crippen molar-refractivity contribution in [2.45, 2.75) is 19.8 Å². The van der Waals surface area contributed by atoms with E-state index in [9.17, 15) is 8.78 Å². The van der Waals surface area contributed by atoms with Crippen molar-refractivity contribution in [1.29, 1.82) is 0 Å². The number of hydrogen-bond donors (Lipinski definition) is 2. The SMILES string of the molecule is CCNC(=NCCc1ccccn1)NCCc1cc(F)ccc1F.I. The van der Waals surface area contributed by atoms with E-state index in [0.29, 0.717) is 31.0 Å². The Morgan fingerprint density at radius 3 is 2.68 bits per heavy atom. The molecule has 0 radical (unpaired) electrons. The summed E-state index contributed by atoms with van der Waals surface area (Å²) in [5.74, 6) is -0.164. The van der Waals surface area contributed by atoms with Gasteiger partial charge in [-0.25, -0.2) is 8.78 Å². The highest BCUT2D eigenvalue weighted by Gasteiger charge is 2.04. The fraction of sp³-hybridized carbons (Fsp3) is 0.333. The predicted molar refractivity (Wildman–Crippen MR) is 107 cm³/mol. The van der Waals surface area contributed by atoms with Gasteiger partial charge in [0, 0.05) is 37.9 Å². The van der Waals surface area contributed by atoms with Crippen LogP contribution in [0.15, 0.2) is 47.6 Å². The van der Waals surface area contributed by atoms with Crippen LogP contribution in [-0.2, 0) is 12.8 Å². The Balaban J connectivity index is 0.00000312. The van der Waals surface area contributed by atoms with Crippen LogP contribution in [0.2, 0.25) is 0 Å². The van der Waals surface area contributed by atoms with Gasteiger partial charge in [0.05, 0.1) is 0 Å². The maximum Gasteiger partial charge on any atom is 0.191 e. The molecule has 2 aromatic rings. The molecular formula is C18H23F2IN4. The summed E-state index contributed by atoms with van der Waals surface area (Å²) in [6.07, 6.45) is 2.89. The van der Waals surface area contributed by atoms with Crippen molar-refractivity contribution in [1.82, 2.24) is 15.6 Å². The molecule has 0 amide bonds. The number of halogens is 3. The zero-order chi connectivity index (χ0) is 17.2. The second-order valence-electron chi connectivity index (χ2n) is 5.24. The third kappa shape index (κ3) is 7.76. The normalized spacial score (nSPS) is 10.9. The molecule has 1 aromatic heterocycles. The molecule has 0 aliphatic heterocycles. The lowest BCUT2D eigenvalue weighted by Gasteiger charge is -2.11. The molecule has 4 nitrogen and oxygen atoms in total. The third-order valence-corrected chi connectivity index (χ3v) is 3.40. The van der Waals surface area contributed by atoms with Gasteiger partial charge in [-0.05, 0) is 49.2 Å².